The molecule has 4 rings (SSSR count). The zero-order chi connectivity index (χ0) is 19.7. The number of rotatable bonds is 4. The number of ether oxygens (including phenoxy) is 1. The summed E-state index contributed by atoms with van der Waals surface area (Å²) in [6.07, 6.45) is 2.83. The molecule has 8 heteroatoms. The second-order valence-corrected chi connectivity index (χ2v) is 9.03. The van der Waals surface area contributed by atoms with E-state index >= 15 is 0 Å². The van der Waals surface area contributed by atoms with Crippen molar-refractivity contribution in [2.24, 2.45) is 16.3 Å². The van der Waals surface area contributed by atoms with E-state index in [2.05, 4.69) is 41.0 Å². The maximum Gasteiger partial charge on any atom is 0.194 e. The van der Waals surface area contributed by atoms with Crippen LogP contribution in [0.3, 0.4) is 0 Å². The molecule has 2 aliphatic heterocycles. The van der Waals surface area contributed by atoms with Crippen LogP contribution < -0.4 is 5.32 Å². The zero-order valence-electron chi connectivity index (χ0n) is 18.2. The Bertz CT molecular complexity index is 699. The number of aliphatic imine (C=N–C) groups is 1. The lowest BCUT2D eigenvalue weighted by Gasteiger charge is -2.60. The molecule has 1 aromatic heterocycles. The Morgan fingerprint density at radius 2 is 2.07 bits per heavy atom. The van der Waals surface area contributed by atoms with Crippen molar-refractivity contribution in [3.05, 3.63) is 17.5 Å². The van der Waals surface area contributed by atoms with E-state index in [-0.39, 0.29) is 29.4 Å². The first-order valence-electron chi connectivity index (χ1n) is 10.8. The van der Waals surface area contributed by atoms with Crippen molar-refractivity contribution in [2.45, 2.75) is 59.2 Å². The molecule has 0 amide bonds. The predicted octanol–water partition coefficient (Wildman–Crippen LogP) is 2.89. The van der Waals surface area contributed by atoms with Gasteiger partial charge in [0, 0.05) is 69.3 Å². The van der Waals surface area contributed by atoms with Crippen LogP contribution in [-0.4, -0.2) is 72.4 Å². The van der Waals surface area contributed by atoms with Crippen LogP contribution in [0, 0.1) is 18.3 Å². The van der Waals surface area contributed by atoms with E-state index in [0.717, 1.165) is 63.3 Å². The highest BCUT2D eigenvalue weighted by molar-refractivity contribution is 14.0. The maximum atomic E-state index is 6.07. The summed E-state index contributed by atoms with van der Waals surface area (Å²) in [6, 6.07) is 2.47. The second kappa shape index (κ2) is 9.51. The zero-order valence-corrected chi connectivity index (χ0v) is 20.5. The van der Waals surface area contributed by atoms with Crippen LogP contribution >= 0.6 is 24.0 Å². The topological polar surface area (TPSA) is 66.1 Å². The van der Waals surface area contributed by atoms with E-state index in [1.165, 1.54) is 12.8 Å². The normalized spacial score (nSPS) is 29.6. The van der Waals surface area contributed by atoms with Gasteiger partial charge in [0.2, 0.25) is 0 Å². The Labute approximate surface area is 191 Å². The number of aryl methyl sites for hydroxylation is 1. The van der Waals surface area contributed by atoms with Crippen molar-refractivity contribution in [1.29, 1.82) is 0 Å². The largest absolute Gasteiger partial charge is 0.377 e. The van der Waals surface area contributed by atoms with E-state index < -0.39 is 0 Å². The average molecular weight is 517 g/mol. The summed E-state index contributed by atoms with van der Waals surface area (Å²) in [4.78, 5) is 9.69. The van der Waals surface area contributed by atoms with Crippen LogP contribution in [0.4, 0.5) is 0 Å². The number of aromatic nitrogens is 1. The molecule has 7 nitrogen and oxygen atoms in total. The summed E-state index contributed by atoms with van der Waals surface area (Å²) in [6.45, 7) is 15.3. The van der Waals surface area contributed by atoms with Gasteiger partial charge < -0.3 is 19.5 Å². The number of halogens is 1. The van der Waals surface area contributed by atoms with Crippen LogP contribution in [0.15, 0.2) is 15.6 Å². The molecule has 0 bridgehead atoms. The van der Waals surface area contributed by atoms with Gasteiger partial charge in [-0.25, -0.2) is 0 Å². The van der Waals surface area contributed by atoms with Gasteiger partial charge in [0.25, 0.3) is 0 Å². The number of guanidine groups is 1. The van der Waals surface area contributed by atoms with Crippen molar-refractivity contribution >= 4 is 29.9 Å². The minimum Gasteiger partial charge on any atom is -0.377 e. The predicted molar refractivity (Wildman–Crippen MR) is 125 cm³/mol. The molecule has 1 N–H and O–H groups in total. The smallest absolute Gasteiger partial charge is 0.194 e. The lowest BCUT2D eigenvalue weighted by atomic mass is 9.55. The molecule has 3 atom stereocenters. The molecule has 29 heavy (non-hydrogen) atoms. The van der Waals surface area contributed by atoms with Crippen LogP contribution in [0.1, 0.15) is 45.1 Å². The molecule has 0 radical (unpaired) electrons. The standard InChI is InChI=1S/C21H35N5O2.HI/c1-5-22-20(23-18-17-7-6-12-27-19(17)21(18,3)4)26-10-8-25(9-11-26)14-16-13-15(2)28-24-16;/h13,17-19H,5-12,14H2,1-4H3,(H,22,23);1H. The van der Waals surface area contributed by atoms with Crippen molar-refractivity contribution in [1.82, 2.24) is 20.3 Å². The fourth-order valence-corrected chi connectivity index (χ4v) is 5.18. The van der Waals surface area contributed by atoms with Crippen LogP contribution in [0.2, 0.25) is 0 Å². The van der Waals surface area contributed by atoms with E-state index in [0.29, 0.717) is 18.1 Å². The molecular formula is C21H36IN5O2. The number of hydrogen-bond donors (Lipinski definition) is 1. The minimum atomic E-state index is 0. The molecule has 3 aliphatic rings. The minimum absolute atomic E-state index is 0. The summed E-state index contributed by atoms with van der Waals surface area (Å²) < 4.78 is 11.3. The second-order valence-electron chi connectivity index (χ2n) is 9.03. The van der Waals surface area contributed by atoms with E-state index in [4.69, 9.17) is 14.3 Å². The van der Waals surface area contributed by atoms with Gasteiger partial charge in [-0.15, -0.1) is 24.0 Å². The van der Waals surface area contributed by atoms with Crippen molar-refractivity contribution in [2.75, 3.05) is 39.3 Å². The summed E-state index contributed by atoms with van der Waals surface area (Å²) in [7, 11) is 0. The Kier molecular flexibility index (Phi) is 7.48. The van der Waals surface area contributed by atoms with Crippen molar-refractivity contribution in [3.63, 3.8) is 0 Å². The third-order valence-electron chi connectivity index (χ3n) is 6.66. The van der Waals surface area contributed by atoms with Crippen LogP contribution in [0.5, 0.6) is 0 Å². The first-order chi connectivity index (χ1) is 13.5. The molecule has 164 valence electrons. The van der Waals surface area contributed by atoms with Gasteiger partial charge >= 0.3 is 0 Å². The molecule has 1 aliphatic carbocycles. The van der Waals surface area contributed by atoms with Gasteiger partial charge in [0.05, 0.1) is 11.8 Å². The summed E-state index contributed by atoms with van der Waals surface area (Å²) in [5.74, 6) is 2.56. The quantitative estimate of drug-likeness (QED) is 0.377. The molecule has 3 unspecified atom stereocenters. The van der Waals surface area contributed by atoms with Gasteiger partial charge in [0.1, 0.15) is 5.76 Å². The number of piperazine rings is 1. The summed E-state index contributed by atoms with van der Waals surface area (Å²) >= 11 is 0. The fraction of sp³-hybridized carbons (Fsp3) is 0.810. The highest BCUT2D eigenvalue weighted by Crippen LogP contribution is 2.51. The molecule has 0 aromatic carbocycles. The molecule has 1 aromatic rings. The molecule has 1 saturated carbocycles. The number of nitrogens with zero attached hydrogens (tertiary/aromatic N) is 4. The van der Waals surface area contributed by atoms with Gasteiger partial charge in [-0.3, -0.25) is 9.89 Å². The highest BCUT2D eigenvalue weighted by Gasteiger charge is 2.58. The first kappa shape index (κ1) is 22.8. The molecule has 2 saturated heterocycles. The van der Waals surface area contributed by atoms with Crippen molar-refractivity contribution in [3.8, 4) is 0 Å². The Balaban J connectivity index is 0.00000240. The third kappa shape index (κ3) is 4.74. The van der Waals surface area contributed by atoms with Crippen LogP contribution in [-0.2, 0) is 11.3 Å². The Morgan fingerprint density at radius 3 is 2.72 bits per heavy atom. The number of hydrogen-bond acceptors (Lipinski definition) is 5. The number of fused-ring (bicyclic) bond motifs is 1. The van der Waals surface area contributed by atoms with Gasteiger partial charge in [-0.2, -0.15) is 0 Å². The monoisotopic (exact) mass is 517 g/mol. The molecule has 3 heterocycles. The van der Waals surface area contributed by atoms with Gasteiger partial charge in [-0.05, 0) is 26.7 Å². The summed E-state index contributed by atoms with van der Waals surface area (Å²) in [5.41, 5.74) is 1.18. The summed E-state index contributed by atoms with van der Waals surface area (Å²) in [5, 5.41) is 7.96. The van der Waals surface area contributed by atoms with Gasteiger partial charge in [-0.1, -0.05) is 19.0 Å². The number of nitrogens with one attached hydrogen (secondary N) is 1. The molecule has 3 fully saturated rings. The first-order valence-corrected chi connectivity index (χ1v) is 10.8. The maximum absolute atomic E-state index is 6.07. The fourth-order valence-electron chi connectivity index (χ4n) is 5.18. The Hall–Kier alpha value is -0.870. The van der Waals surface area contributed by atoms with Crippen molar-refractivity contribution < 1.29 is 9.26 Å². The van der Waals surface area contributed by atoms with Crippen LogP contribution in [0.25, 0.3) is 0 Å². The Morgan fingerprint density at radius 1 is 1.31 bits per heavy atom. The van der Waals surface area contributed by atoms with Gasteiger partial charge in [0.15, 0.2) is 5.96 Å². The van der Waals surface area contributed by atoms with E-state index in [1.54, 1.807) is 0 Å². The van der Waals surface area contributed by atoms with E-state index in [9.17, 15) is 0 Å². The molecule has 0 spiro atoms. The average Bonchev–Trinajstić information content (AvgIpc) is 3.10. The third-order valence-corrected chi connectivity index (χ3v) is 6.66. The highest BCUT2D eigenvalue weighted by atomic mass is 127. The SMILES string of the molecule is CCN=C(NC1C2CCCOC2C1(C)C)N1CCN(Cc2cc(C)on2)CC1.I. The molecular weight excluding hydrogens is 481 g/mol. The van der Waals surface area contributed by atoms with E-state index in [1.807, 2.05) is 13.0 Å². The lowest BCUT2D eigenvalue weighted by Crippen LogP contribution is -2.71. The lowest BCUT2D eigenvalue weighted by molar-refractivity contribution is -0.188.